The first-order valence-electron chi connectivity index (χ1n) is 7.80. The normalized spacial score (nSPS) is 18.8. The van der Waals surface area contributed by atoms with Gasteiger partial charge in [0.25, 0.3) is 0 Å². The molecule has 2 aromatic rings. The second-order valence-corrected chi connectivity index (χ2v) is 5.85. The van der Waals surface area contributed by atoms with Crippen LogP contribution < -0.4 is 10.6 Å². The smallest absolute Gasteiger partial charge is 0.319 e. The van der Waals surface area contributed by atoms with Crippen molar-refractivity contribution in [1.29, 1.82) is 0 Å². The molecule has 3 heterocycles. The molecular weight excluding hydrogens is 296 g/mol. The predicted molar refractivity (Wildman–Crippen MR) is 85.0 cm³/mol. The van der Waals surface area contributed by atoms with Crippen LogP contribution in [-0.4, -0.2) is 38.3 Å². The van der Waals surface area contributed by atoms with Crippen molar-refractivity contribution >= 4 is 11.7 Å². The lowest BCUT2D eigenvalue weighted by Gasteiger charge is -2.12. The van der Waals surface area contributed by atoms with Crippen molar-refractivity contribution in [2.75, 3.05) is 11.9 Å². The number of anilines is 1. The highest BCUT2D eigenvalue weighted by atomic mass is 16.5. The number of carbonyl (C=O) groups excluding carboxylic acids is 1. The molecule has 1 fully saturated rings. The van der Waals surface area contributed by atoms with Crippen LogP contribution in [0.4, 0.5) is 10.5 Å². The van der Waals surface area contributed by atoms with E-state index in [4.69, 9.17) is 4.74 Å². The lowest BCUT2D eigenvalue weighted by molar-refractivity contribution is 0.0940. The molecule has 0 aliphatic carbocycles. The van der Waals surface area contributed by atoms with E-state index in [0.29, 0.717) is 5.69 Å². The molecule has 1 aliphatic rings. The Bertz CT molecular complexity index is 658. The van der Waals surface area contributed by atoms with Crippen molar-refractivity contribution in [2.45, 2.75) is 38.5 Å². The summed E-state index contributed by atoms with van der Waals surface area (Å²) >= 11 is 0. The standard InChI is InChI=1S/C15H22N6O2/c1-11(12-6-16-20(2)8-12)18-15(22)19-13-7-17-21(9-13)10-14-4-3-5-23-14/h6-9,11,14H,3-5,10H2,1-2H3,(H2,18,19,22)/t11-,14-/m1/s1. The third-order valence-electron chi connectivity index (χ3n) is 3.88. The number of aromatic nitrogens is 4. The van der Waals surface area contributed by atoms with Crippen LogP contribution in [0, 0.1) is 0 Å². The molecule has 1 saturated heterocycles. The molecule has 0 bridgehead atoms. The SMILES string of the molecule is C[C@@H](NC(=O)Nc1cnn(C[C@H]2CCCO2)c1)c1cnn(C)c1. The van der Waals surface area contributed by atoms with Gasteiger partial charge in [0.1, 0.15) is 0 Å². The van der Waals surface area contributed by atoms with Crippen LogP contribution in [0.5, 0.6) is 0 Å². The zero-order valence-electron chi connectivity index (χ0n) is 13.4. The molecule has 23 heavy (non-hydrogen) atoms. The molecule has 8 heteroatoms. The Morgan fingerprint density at radius 3 is 3.00 bits per heavy atom. The van der Waals surface area contributed by atoms with Gasteiger partial charge >= 0.3 is 6.03 Å². The van der Waals surface area contributed by atoms with E-state index in [1.807, 2.05) is 26.4 Å². The summed E-state index contributed by atoms with van der Waals surface area (Å²) < 4.78 is 9.09. The average Bonchev–Trinajstić information content (AvgIpc) is 3.22. The summed E-state index contributed by atoms with van der Waals surface area (Å²) in [6.45, 7) is 3.46. The number of aryl methyl sites for hydroxylation is 1. The fourth-order valence-electron chi connectivity index (χ4n) is 2.64. The number of urea groups is 1. The summed E-state index contributed by atoms with van der Waals surface area (Å²) in [5.74, 6) is 0. The molecule has 3 rings (SSSR count). The highest BCUT2D eigenvalue weighted by molar-refractivity contribution is 5.89. The highest BCUT2D eigenvalue weighted by Gasteiger charge is 2.17. The quantitative estimate of drug-likeness (QED) is 0.878. The number of carbonyl (C=O) groups is 1. The molecule has 0 saturated carbocycles. The van der Waals surface area contributed by atoms with Gasteiger partial charge in [-0.15, -0.1) is 0 Å². The van der Waals surface area contributed by atoms with Gasteiger partial charge in [0.05, 0.1) is 36.8 Å². The highest BCUT2D eigenvalue weighted by Crippen LogP contribution is 2.15. The Morgan fingerprint density at radius 1 is 1.43 bits per heavy atom. The van der Waals surface area contributed by atoms with E-state index in [-0.39, 0.29) is 18.2 Å². The third kappa shape index (κ3) is 4.10. The molecule has 0 unspecified atom stereocenters. The van der Waals surface area contributed by atoms with Crippen LogP contribution in [0.2, 0.25) is 0 Å². The minimum Gasteiger partial charge on any atom is -0.376 e. The van der Waals surface area contributed by atoms with Gasteiger partial charge in [-0.2, -0.15) is 10.2 Å². The topological polar surface area (TPSA) is 86.0 Å². The maximum Gasteiger partial charge on any atom is 0.319 e. The number of rotatable bonds is 5. The first-order chi connectivity index (χ1) is 11.1. The van der Waals surface area contributed by atoms with Crippen molar-refractivity contribution in [3.63, 3.8) is 0 Å². The van der Waals surface area contributed by atoms with Gasteiger partial charge < -0.3 is 15.4 Å². The predicted octanol–water partition coefficient (Wildman–Crippen LogP) is 1.68. The second-order valence-electron chi connectivity index (χ2n) is 5.85. The Labute approximate surface area is 134 Å². The molecule has 8 nitrogen and oxygen atoms in total. The molecule has 0 aromatic carbocycles. The Hall–Kier alpha value is -2.35. The Morgan fingerprint density at radius 2 is 2.30 bits per heavy atom. The van der Waals surface area contributed by atoms with E-state index in [1.165, 1.54) is 0 Å². The van der Waals surface area contributed by atoms with Crippen molar-refractivity contribution in [2.24, 2.45) is 7.05 Å². The summed E-state index contributed by atoms with van der Waals surface area (Å²) in [6.07, 6.45) is 9.47. The van der Waals surface area contributed by atoms with E-state index in [9.17, 15) is 4.79 Å². The molecule has 0 spiro atoms. The molecule has 2 N–H and O–H groups in total. The lowest BCUT2D eigenvalue weighted by atomic mass is 10.2. The maximum absolute atomic E-state index is 12.0. The molecular formula is C15H22N6O2. The fourth-order valence-corrected chi connectivity index (χ4v) is 2.64. The first kappa shape index (κ1) is 15.5. The Kier molecular flexibility index (Phi) is 4.61. The van der Waals surface area contributed by atoms with E-state index in [0.717, 1.165) is 31.6 Å². The summed E-state index contributed by atoms with van der Waals surface area (Å²) in [5, 5.41) is 14.0. The lowest BCUT2D eigenvalue weighted by Crippen LogP contribution is -2.30. The van der Waals surface area contributed by atoms with Crippen molar-refractivity contribution in [1.82, 2.24) is 24.9 Å². The van der Waals surface area contributed by atoms with E-state index < -0.39 is 0 Å². The number of nitrogens with zero attached hydrogens (tertiary/aromatic N) is 4. The van der Waals surface area contributed by atoms with Crippen LogP contribution in [0.1, 0.15) is 31.4 Å². The van der Waals surface area contributed by atoms with Gasteiger partial charge in [0.15, 0.2) is 0 Å². The van der Waals surface area contributed by atoms with Gasteiger partial charge in [-0.05, 0) is 19.8 Å². The van der Waals surface area contributed by atoms with E-state index in [1.54, 1.807) is 21.8 Å². The van der Waals surface area contributed by atoms with Crippen molar-refractivity contribution in [3.8, 4) is 0 Å². The van der Waals surface area contributed by atoms with Crippen LogP contribution >= 0.6 is 0 Å². The molecule has 1 aliphatic heterocycles. The maximum atomic E-state index is 12.0. The number of hydrogen-bond donors (Lipinski definition) is 2. The van der Waals surface area contributed by atoms with Crippen LogP contribution in [0.25, 0.3) is 0 Å². The summed E-state index contributed by atoms with van der Waals surface area (Å²) in [4.78, 5) is 12.0. The number of amides is 2. The van der Waals surface area contributed by atoms with Crippen LogP contribution in [0.15, 0.2) is 24.8 Å². The summed E-state index contributed by atoms with van der Waals surface area (Å²) in [5.41, 5.74) is 1.62. The minimum absolute atomic E-state index is 0.120. The molecule has 2 atom stereocenters. The second kappa shape index (κ2) is 6.82. The molecule has 2 amide bonds. The Balaban J connectivity index is 1.50. The fraction of sp³-hybridized carbons (Fsp3) is 0.533. The number of hydrogen-bond acceptors (Lipinski definition) is 4. The van der Waals surface area contributed by atoms with E-state index in [2.05, 4.69) is 20.8 Å². The van der Waals surface area contributed by atoms with Crippen molar-refractivity contribution < 1.29 is 9.53 Å². The van der Waals surface area contributed by atoms with Crippen LogP contribution in [-0.2, 0) is 18.3 Å². The van der Waals surface area contributed by atoms with Crippen LogP contribution in [0.3, 0.4) is 0 Å². The molecule has 124 valence electrons. The molecule has 2 aromatic heterocycles. The van der Waals surface area contributed by atoms with Gasteiger partial charge in [-0.1, -0.05) is 0 Å². The van der Waals surface area contributed by atoms with Gasteiger partial charge in [-0.3, -0.25) is 9.36 Å². The van der Waals surface area contributed by atoms with E-state index >= 15 is 0 Å². The average molecular weight is 318 g/mol. The summed E-state index contributed by atoms with van der Waals surface area (Å²) in [6, 6.07) is -0.386. The largest absolute Gasteiger partial charge is 0.376 e. The van der Waals surface area contributed by atoms with Crippen molar-refractivity contribution in [3.05, 3.63) is 30.4 Å². The zero-order valence-corrected chi connectivity index (χ0v) is 13.4. The minimum atomic E-state index is -0.266. The summed E-state index contributed by atoms with van der Waals surface area (Å²) in [7, 11) is 1.85. The van der Waals surface area contributed by atoms with Gasteiger partial charge in [-0.25, -0.2) is 4.79 Å². The third-order valence-corrected chi connectivity index (χ3v) is 3.88. The monoisotopic (exact) mass is 318 g/mol. The number of ether oxygens (including phenoxy) is 1. The number of nitrogens with one attached hydrogen (secondary N) is 2. The molecule has 0 radical (unpaired) electrons. The van der Waals surface area contributed by atoms with Gasteiger partial charge in [0.2, 0.25) is 0 Å². The van der Waals surface area contributed by atoms with Gasteiger partial charge in [0, 0.05) is 31.6 Å². The zero-order chi connectivity index (χ0) is 16.2. The first-order valence-corrected chi connectivity index (χ1v) is 7.80.